The molecule has 2 nitrogen and oxygen atoms in total. The molecule has 1 atom stereocenters. The van der Waals surface area contributed by atoms with Gasteiger partial charge in [-0.05, 0) is 6.42 Å². The lowest BCUT2D eigenvalue weighted by molar-refractivity contribution is -0.134. The van der Waals surface area contributed by atoms with Gasteiger partial charge in [-0.15, -0.1) is 0 Å². The molecule has 3 heteroatoms. The molecule has 0 bridgehead atoms. The standard InChI is InChI=1S/C8H13BrO2/c1-3-4-7(9)5-6-8(10)11-2/h5-7H,3-4H2,1-2H3/b6-5+. The average molecular weight is 221 g/mol. The normalized spacial score (nSPS) is 13.4. The lowest BCUT2D eigenvalue weighted by Gasteiger charge is -1.99. The van der Waals surface area contributed by atoms with Crippen LogP contribution in [0, 0.1) is 0 Å². The summed E-state index contributed by atoms with van der Waals surface area (Å²) in [6, 6.07) is 0. The van der Waals surface area contributed by atoms with E-state index in [2.05, 4.69) is 27.6 Å². The summed E-state index contributed by atoms with van der Waals surface area (Å²) in [5.74, 6) is -0.300. The molecule has 0 heterocycles. The molecular weight excluding hydrogens is 208 g/mol. The van der Waals surface area contributed by atoms with Gasteiger partial charge in [0.2, 0.25) is 0 Å². The zero-order chi connectivity index (χ0) is 8.69. The van der Waals surface area contributed by atoms with E-state index >= 15 is 0 Å². The van der Waals surface area contributed by atoms with Crippen LogP contribution in [0.3, 0.4) is 0 Å². The van der Waals surface area contributed by atoms with Crippen molar-refractivity contribution in [2.45, 2.75) is 24.6 Å². The number of allylic oxidation sites excluding steroid dienone is 1. The maximum Gasteiger partial charge on any atom is 0.330 e. The molecule has 0 spiro atoms. The van der Waals surface area contributed by atoms with Crippen molar-refractivity contribution in [1.29, 1.82) is 0 Å². The number of ether oxygens (including phenoxy) is 1. The van der Waals surface area contributed by atoms with Gasteiger partial charge in [-0.25, -0.2) is 4.79 Å². The summed E-state index contributed by atoms with van der Waals surface area (Å²) < 4.78 is 4.43. The summed E-state index contributed by atoms with van der Waals surface area (Å²) in [5, 5.41) is 0. The van der Waals surface area contributed by atoms with Crippen LogP contribution in [-0.2, 0) is 9.53 Å². The minimum atomic E-state index is -0.300. The fraction of sp³-hybridized carbons (Fsp3) is 0.625. The number of alkyl halides is 1. The van der Waals surface area contributed by atoms with E-state index in [1.165, 1.54) is 13.2 Å². The van der Waals surface area contributed by atoms with Gasteiger partial charge < -0.3 is 4.74 Å². The monoisotopic (exact) mass is 220 g/mol. The van der Waals surface area contributed by atoms with E-state index in [1.54, 1.807) is 6.08 Å². The van der Waals surface area contributed by atoms with Crippen LogP contribution in [0.15, 0.2) is 12.2 Å². The van der Waals surface area contributed by atoms with E-state index in [0.717, 1.165) is 12.8 Å². The van der Waals surface area contributed by atoms with Crippen molar-refractivity contribution in [3.8, 4) is 0 Å². The predicted octanol–water partition coefficient (Wildman–Crippen LogP) is 2.28. The van der Waals surface area contributed by atoms with Gasteiger partial charge in [-0.2, -0.15) is 0 Å². The van der Waals surface area contributed by atoms with Crippen molar-refractivity contribution < 1.29 is 9.53 Å². The van der Waals surface area contributed by atoms with Crippen LogP contribution in [-0.4, -0.2) is 17.9 Å². The van der Waals surface area contributed by atoms with Gasteiger partial charge >= 0.3 is 5.97 Å². The molecule has 0 aromatic heterocycles. The first-order chi connectivity index (χ1) is 5.20. The largest absolute Gasteiger partial charge is 0.466 e. The minimum Gasteiger partial charge on any atom is -0.466 e. The van der Waals surface area contributed by atoms with Crippen LogP contribution in [0.2, 0.25) is 0 Å². The SMILES string of the molecule is CCCC(Br)/C=C/C(=O)OC. The van der Waals surface area contributed by atoms with Gasteiger partial charge in [-0.3, -0.25) is 0 Å². The van der Waals surface area contributed by atoms with Crippen molar-refractivity contribution in [3.63, 3.8) is 0 Å². The molecule has 0 amide bonds. The Morgan fingerprint density at radius 3 is 2.82 bits per heavy atom. The third kappa shape index (κ3) is 6.10. The summed E-state index contributed by atoms with van der Waals surface area (Å²) in [6.45, 7) is 2.10. The van der Waals surface area contributed by atoms with Crippen molar-refractivity contribution >= 4 is 21.9 Å². The number of hydrogen-bond acceptors (Lipinski definition) is 2. The van der Waals surface area contributed by atoms with Crippen molar-refractivity contribution in [1.82, 2.24) is 0 Å². The summed E-state index contributed by atoms with van der Waals surface area (Å²) in [6.07, 6.45) is 5.37. The van der Waals surface area contributed by atoms with Crippen molar-refractivity contribution in [2.24, 2.45) is 0 Å². The van der Waals surface area contributed by atoms with Crippen LogP contribution < -0.4 is 0 Å². The lowest BCUT2D eigenvalue weighted by Crippen LogP contribution is -1.97. The Bertz CT molecular complexity index is 143. The molecule has 11 heavy (non-hydrogen) atoms. The number of esters is 1. The van der Waals surface area contributed by atoms with Gasteiger partial charge in [0.1, 0.15) is 0 Å². The highest BCUT2D eigenvalue weighted by Gasteiger charge is 1.97. The van der Waals surface area contributed by atoms with E-state index in [4.69, 9.17) is 0 Å². The Balaban J connectivity index is 3.63. The molecule has 0 aromatic rings. The summed E-state index contributed by atoms with van der Waals surface area (Å²) in [7, 11) is 1.37. The second kappa shape index (κ2) is 6.40. The van der Waals surface area contributed by atoms with Gasteiger partial charge in [0.25, 0.3) is 0 Å². The zero-order valence-corrected chi connectivity index (χ0v) is 8.43. The van der Waals surface area contributed by atoms with Crippen LogP contribution in [0.4, 0.5) is 0 Å². The topological polar surface area (TPSA) is 26.3 Å². The second-order valence-corrected chi connectivity index (χ2v) is 3.36. The maximum atomic E-state index is 10.6. The fourth-order valence-corrected chi connectivity index (χ4v) is 1.23. The lowest BCUT2D eigenvalue weighted by atomic mass is 10.2. The highest BCUT2D eigenvalue weighted by molar-refractivity contribution is 9.09. The first-order valence-electron chi connectivity index (χ1n) is 3.61. The zero-order valence-electron chi connectivity index (χ0n) is 6.84. The van der Waals surface area contributed by atoms with Gasteiger partial charge in [0.05, 0.1) is 7.11 Å². The Hall–Kier alpha value is -0.310. The van der Waals surface area contributed by atoms with Crippen LogP contribution >= 0.6 is 15.9 Å². The third-order valence-corrected chi connectivity index (χ3v) is 1.97. The number of carbonyl (C=O) groups excluding carboxylic acids is 1. The smallest absolute Gasteiger partial charge is 0.330 e. The molecule has 64 valence electrons. The molecule has 0 saturated carbocycles. The van der Waals surface area contributed by atoms with Gasteiger partial charge in [-0.1, -0.05) is 35.4 Å². The first-order valence-corrected chi connectivity index (χ1v) is 4.52. The van der Waals surface area contributed by atoms with E-state index in [1.807, 2.05) is 0 Å². The number of halogens is 1. The van der Waals surface area contributed by atoms with Crippen LogP contribution in [0.5, 0.6) is 0 Å². The molecule has 0 aliphatic heterocycles. The third-order valence-electron chi connectivity index (χ3n) is 1.21. The number of hydrogen-bond donors (Lipinski definition) is 0. The van der Waals surface area contributed by atoms with Crippen molar-refractivity contribution in [2.75, 3.05) is 7.11 Å². The van der Waals surface area contributed by atoms with Gasteiger partial charge in [0.15, 0.2) is 0 Å². The first kappa shape index (κ1) is 10.7. The molecular formula is C8H13BrO2. The number of rotatable bonds is 4. The number of carbonyl (C=O) groups is 1. The minimum absolute atomic E-state index is 0.284. The quantitative estimate of drug-likeness (QED) is 0.413. The van der Waals surface area contributed by atoms with E-state index < -0.39 is 0 Å². The Morgan fingerprint density at radius 2 is 2.36 bits per heavy atom. The van der Waals surface area contributed by atoms with E-state index in [0.29, 0.717) is 0 Å². The van der Waals surface area contributed by atoms with E-state index in [9.17, 15) is 4.79 Å². The maximum absolute atomic E-state index is 10.6. The molecule has 0 saturated heterocycles. The molecule has 0 rings (SSSR count). The Morgan fingerprint density at radius 1 is 1.73 bits per heavy atom. The fourth-order valence-electron chi connectivity index (χ4n) is 0.623. The Labute approximate surface area is 75.7 Å². The molecule has 0 aliphatic rings. The summed E-state index contributed by atoms with van der Waals surface area (Å²) in [5.41, 5.74) is 0. The summed E-state index contributed by atoms with van der Waals surface area (Å²) >= 11 is 3.40. The van der Waals surface area contributed by atoms with Crippen LogP contribution in [0.1, 0.15) is 19.8 Å². The number of methoxy groups -OCH3 is 1. The predicted molar refractivity (Wildman–Crippen MR) is 48.8 cm³/mol. The molecule has 1 unspecified atom stereocenters. The highest BCUT2D eigenvalue weighted by Crippen LogP contribution is 2.08. The van der Waals surface area contributed by atoms with E-state index in [-0.39, 0.29) is 10.8 Å². The molecule has 0 aliphatic carbocycles. The van der Waals surface area contributed by atoms with Gasteiger partial charge in [0, 0.05) is 10.9 Å². The molecule has 0 fully saturated rings. The molecule has 0 N–H and O–H groups in total. The summed E-state index contributed by atoms with van der Waals surface area (Å²) in [4.78, 5) is 10.9. The Kier molecular flexibility index (Phi) is 6.22. The molecule has 0 aromatic carbocycles. The van der Waals surface area contributed by atoms with Crippen molar-refractivity contribution in [3.05, 3.63) is 12.2 Å². The molecule has 0 radical (unpaired) electrons. The average Bonchev–Trinajstić information content (AvgIpc) is 2.01. The highest BCUT2D eigenvalue weighted by atomic mass is 79.9. The van der Waals surface area contributed by atoms with Crippen LogP contribution in [0.25, 0.3) is 0 Å². The second-order valence-electron chi connectivity index (χ2n) is 2.19.